The molecule has 5 nitrogen and oxygen atoms in total. The van der Waals surface area contributed by atoms with E-state index in [4.69, 9.17) is 14.2 Å². The van der Waals surface area contributed by atoms with Gasteiger partial charge in [0.25, 0.3) is 0 Å². The molecule has 0 aromatic heterocycles. The fourth-order valence-electron chi connectivity index (χ4n) is 2.40. The number of rotatable bonds is 6. The van der Waals surface area contributed by atoms with Gasteiger partial charge in [0.1, 0.15) is 0 Å². The van der Waals surface area contributed by atoms with E-state index >= 15 is 0 Å². The third-order valence-electron chi connectivity index (χ3n) is 3.71. The number of methoxy groups -OCH3 is 1. The van der Waals surface area contributed by atoms with Crippen LogP contribution in [0.4, 0.5) is 4.39 Å². The van der Waals surface area contributed by atoms with Crippen LogP contribution in [0, 0.1) is 17.1 Å². The van der Waals surface area contributed by atoms with Crippen LogP contribution in [0.3, 0.4) is 0 Å². The molecular formula is C18H20FGeNO4S. The maximum absolute atomic E-state index is 14.0. The molecule has 0 saturated heterocycles. The summed E-state index contributed by atoms with van der Waals surface area (Å²) in [7, 11) is -2.60. The Morgan fingerprint density at radius 1 is 1.15 bits per heavy atom. The van der Waals surface area contributed by atoms with Crippen molar-refractivity contribution in [1.29, 1.82) is 5.26 Å². The van der Waals surface area contributed by atoms with Crippen LogP contribution in [0.1, 0.15) is 11.1 Å². The van der Waals surface area contributed by atoms with Crippen molar-refractivity contribution in [3.8, 4) is 17.6 Å². The van der Waals surface area contributed by atoms with Crippen molar-refractivity contribution in [1.82, 2.24) is 0 Å². The predicted octanol–water partition coefficient (Wildman–Crippen LogP) is 3.16. The molecule has 0 fully saturated rings. The molecule has 2 aromatic carbocycles. The zero-order valence-corrected chi connectivity index (χ0v) is 18.0. The average Bonchev–Trinajstić information content (AvgIpc) is 2.54. The van der Waals surface area contributed by atoms with Gasteiger partial charge in [0.2, 0.25) is 0 Å². The van der Waals surface area contributed by atoms with E-state index in [0.29, 0.717) is 15.7 Å². The van der Waals surface area contributed by atoms with Gasteiger partial charge >= 0.3 is 156 Å². The summed E-state index contributed by atoms with van der Waals surface area (Å²) < 4.78 is 49.7. The topological polar surface area (TPSA) is 76.4 Å². The van der Waals surface area contributed by atoms with Gasteiger partial charge in [0.15, 0.2) is 0 Å². The third kappa shape index (κ3) is 4.99. The van der Waals surface area contributed by atoms with E-state index in [1.165, 1.54) is 31.4 Å². The summed E-state index contributed by atoms with van der Waals surface area (Å²) in [6.45, 7) is 0. The fourth-order valence-corrected chi connectivity index (χ4v) is 6.43. The predicted molar refractivity (Wildman–Crippen MR) is 100 cm³/mol. The quantitative estimate of drug-likeness (QED) is 0.512. The van der Waals surface area contributed by atoms with E-state index in [2.05, 4.69) is 0 Å². The molecule has 0 aliphatic rings. The second-order valence-electron chi connectivity index (χ2n) is 6.82. The number of nitriles is 1. The minimum absolute atomic E-state index is 0.0823. The van der Waals surface area contributed by atoms with Gasteiger partial charge in [-0.2, -0.15) is 0 Å². The van der Waals surface area contributed by atoms with Crippen LogP contribution in [-0.4, -0.2) is 28.8 Å². The Morgan fingerprint density at radius 3 is 2.42 bits per heavy atom. The molecule has 0 atom stereocenters. The van der Waals surface area contributed by atoms with Crippen LogP contribution in [0.25, 0.3) is 0 Å². The van der Waals surface area contributed by atoms with Crippen molar-refractivity contribution in [2.45, 2.75) is 23.0 Å². The zero-order valence-electron chi connectivity index (χ0n) is 15.0. The molecule has 0 radical (unpaired) electrons. The van der Waals surface area contributed by atoms with Gasteiger partial charge in [-0.1, -0.05) is 0 Å². The van der Waals surface area contributed by atoms with Crippen LogP contribution in [0.5, 0.6) is 11.5 Å². The zero-order chi connectivity index (χ0) is 19.5. The summed E-state index contributed by atoms with van der Waals surface area (Å²) in [6, 6.07) is 10.5. The molecule has 138 valence electrons. The molecule has 0 N–H and O–H groups in total. The number of halogens is 1. The molecule has 0 bridgehead atoms. The fraction of sp³-hybridized carbons (Fsp3) is 0.278. The standard InChI is InChI=1S/C18H20FGeNO4S/c1-20(2,3)17-9-13(5-8-16(17)19)12-26(22,23)25-18-10-15(24-4)7-6-14(18)11-21/h5-10H,12H2,1-4H3. The van der Waals surface area contributed by atoms with Gasteiger partial charge in [0, 0.05) is 0 Å². The molecule has 0 unspecified atom stereocenters. The Morgan fingerprint density at radius 2 is 1.85 bits per heavy atom. The van der Waals surface area contributed by atoms with Gasteiger partial charge in [0.05, 0.1) is 0 Å². The first-order valence-corrected chi connectivity index (χ1v) is 16.8. The van der Waals surface area contributed by atoms with Gasteiger partial charge < -0.3 is 0 Å². The number of hydrogen-bond donors (Lipinski definition) is 0. The Balaban J connectivity index is 2.32. The van der Waals surface area contributed by atoms with Crippen molar-refractivity contribution in [2.24, 2.45) is 0 Å². The molecule has 0 amide bonds. The van der Waals surface area contributed by atoms with E-state index in [9.17, 15) is 12.8 Å². The number of nitrogens with zero attached hydrogens (tertiary/aromatic N) is 1. The van der Waals surface area contributed by atoms with Gasteiger partial charge in [-0.25, -0.2) is 0 Å². The molecule has 2 aromatic rings. The van der Waals surface area contributed by atoms with E-state index in [0.717, 1.165) is 0 Å². The summed E-state index contributed by atoms with van der Waals surface area (Å²) in [5, 5.41) is 9.12. The molecule has 26 heavy (non-hydrogen) atoms. The molecule has 0 aliphatic carbocycles. The summed E-state index contributed by atoms with van der Waals surface area (Å²) in [5.41, 5.74) is 0.530. The van der Waals surface area contributed by atoms with Gasteiger partial charge in [-0.15, -0.1) is 0 Å². The van der Waals surface area contributed by atoms with Crippen molar-refractivity contribution in [3.63, 3.8) is 0 Å². The third-order valence-corrected chi connectivity index (χ3v) is 9.02. The monoisotopic (exact) mass is 439 g/mol. The molecular weight excluding hydrogens is 418 g/mol. The second-order valence-corrected chi connectivity index (χ2v) is 19.0. The molecule has 0 aliphatic heterocycles. The van der Waals surface area contributed by atoms with Crippen LogP contribution >= 0.6 is 0 Å². The Labute approximate surface area is 155 Å². The second kappa shape index (κ2) is 7.68. The molecule has 0 spiro atoms. The van der Waals surface area contributed by atoms with Crippen LogP contribution in [0.2, 0.25) is 17.3 Å². The molecule has 8 heteroatoms. The van der Waals surface area contributed by atoms with Crippen LogP contribution in [0.15, 0.2) is 36.4 Å². The first-order chi connectivity index (χ1) is 12.1. The van der Waals surface area contributed by atoms with E-state index in [1.807, 2.05) is 23.3 Å². The molecule has 0 heterocycles. The first-order valence-electron chi connectivity index (χ1n) is 7.85. The Kier molecular flexibility index (Phi) is 5.99. The Bertz CT molecular complexity index is 962. The average molecular weight is 438 g/mol. The van der Waals surface area contributed by atoms with E-state index in [-0.39, 0.29) is 17.1 Å². The van der Waals surface area contributed by atoms with Crippen molar-refractivity contribution < 1.29 is 21.7 Å². The first kappa shape index (κ1) is 20.3. The van der Waals surface area contributed by atoms with Crippen LogP contribution < -0.4 is 13.3 Å². The maximum atomic E-state index is 14.0. The molecule has 0 saturated carbocycles. The number of benzene rings is 2. The van der Waals surface area contributed by atoms with Gasteiger partial charge in [-0.05, 0) is 0 Å². The summed E-state index contributed by atoms with van der Waals surface area (Å²) in [5.74, 6) is 5.65. The summed E-state index contributed by atoms with van der Waals surface area (Å²) in [6.07, 6.45) is 0. The van der Waals surface area contributed by atoms with E-state index < -0.39 is 29.1 Å². The van der Waals surface area contributed by atoms with Crippen molar-refractivity contribution >= 4 is 27.8 Å². The SMILES string of the molecule is COc1ccc(C#N)c(OS(=O)(=O)Cc2ccc(F)[c]([Ge]([CH3])([CH3])[CH3])c2)c1. The summed E-state index contributed by atoms with van der Waals surface area (Å²) in [4.78, 5) is 0. The molecule has 2 rings (SSSR count). The van der Waals surface area contributed by atoms with Gasteiger partial charge in [-0.3, -0.25) is 0 Å². The number of ether oxygens (including phenoxy) is 1. The summed E-state index contributed by atoms with van der Waals surface area (Å²) >= 11 is -2.48. The van der Waals surface area contributed by atoms with Crippen molar-refractivity contribution in [3.05, 3.63) is 53.3 Å². The normalized spacial score (nSPS) is 11.7. The van der Waals surface area contributed by atoms with Crippen molar-refractivity contribution in [2.75, 3.05) is 7.11 Å². The van der Waals surface area contributed by atoms with Crippen LogP contribution in [-0.2, 0) is 15.9 Å². The number of hydrogen-bond acceptors (Lipinski definition) is 5. The van der Waals surface area contributed by atoms with E-state index in [1.54, 1.807) is 12.1 Å². The minimum atomic E-state index is -4.03. The Hall–Kier alpha value is -2.05.